The summed E-state index contributed by atoms with van der Waals surface area (Å²) in [7, 11) is -3.02. The average Bonchev–Trinajstić information content (AvgIpc) is 2.42. The van der Waals surface area contributed by atoms with E-state index in [1.54, 1.807) is 18.7 Å². The lowest BCUT2D eigenvalue weighted by molar-refractivity contribution is 0.0455. The van der Waals surface area contributed by atoms with E-state index in [-0.39, 0.29) is 23.1 Å². The van der Waals surface area contributed by atoms with Gasteiger partial charge in [-0.05, 0) is 18.8 Å². The largest absolute Gasteiger partial charge is 0.393 e. The van der Waals surface area contributed by atoms with Crippen LogP contribution in [0.15, 0.2) is 0 Å². The molecule has 2 rings (SSSR count). The average molecular weight is 307 g/mol. The fourth-order valence-electron chi connectivity index (χ4n) is 3.05. The standard InChI is InChI=1S/C13H25NO3S2/c1-2-19(16,17)13-10-18-8-7-14(13)9-11-5-3-4-6-12(11)15/h11-13,15H,2-10H2,1H3. The van der Waals surface area contributed by atoms with E-state index in [1.807, 2.05) is 0 Å². The number of sulfone groups is 1. The van der Waals surface area contributed by atoms with Gasteiger partial charge in [-0.1, -0.05) is 19.8 Å². The number of thioether (sulfide) groups is 1. The first-order valence-electron chi connectivity index (χ1n) is 7.26. The molecule has 0 amide bonds. The van der Waals surface area contributed by atoms with Crippen molar-refractivity contribution in [1.82, 2.24) is 4.90 Å². The lowest BCUT2D eigenvalue weighted by Gasteiger charge is -2.39. The van der Waals surface area contributed by atoms with Crippen molar-refractivity contribution in [3.8, 4) is 0 Å². The Bertz CT molecular complexity index is 385. The first-order valence-corrected chi connectivity index (χ1v) is 10.1. The van der Waals surface area contributed by atoms with Crippen molar-refractivity contribution < 1.29 is 13.5 Å². The minimum atomic E-state index is -3.02. The highest BCUT2D eigenvalue weighted by Gasteiger charge is 2.35. The van der Waals surface area contributed by atoms with Crippen LogP contribution in [0.25, 0.3) is 0 Å². The maximum atomic E-state index is 12.2. The highest BCUT2D eigenvalue weighted by Crippen LogP contribution is 2.28. The molecule has 0 radical (unpaired) electrons. The quantitative estimate of drug-likeness (QED) is 0.849. The van der Waals surface area contributed by atoms with Crippen LogP contribution < -0.4 is 0 Å². The minimum Gasteiger partial charge on any atom is -0.393 e. The van der Waals surface area contributed by atoms with Crippen molar-refractivity contribution in [1.29, 1.82) is 0 Å². The molecule has 2 fully saturated rings. The molecule has 1 heterocycles. The number of rotatable bonds is 4. The summed E-state index contributed by atoms with van der Waals surface area (Å²) < 4.78 is 24.3. The van der Waals surface area contributed by atoms with Gasteiger partial charge < -0.3 is 5.11 Å². The van der Waals surface area contributed by atoms with E-state index in [4.69, 9.17) is 0 Å². The fourth-order valence-corrected chi connectivity index (χ4v) is 6.14. The third-order valence-electron chi connectivity index (χ3n) is 4.35. The monoisotopic (exact) mass is 307 g/mol. The Morgan fingerprint density at radius 3 is 2.74 bits per heavy atom. The highest BCUT2D eigenvalue weighted by atomic mass is 32.2. The smallest absolute Gasteiger partial charge is 0.166 e. The third kappa shape index (κ3) is 3.86. The van der Waals surface area contributed by atoms with Crippen molar-refractivity contribution in [2.45, 2.75) is 44.1 Å². The Hall–Kier alpha value is 0.220. The molecule has 112 valence electrons. The van der Waals surface area contributed by atoms with Gasteiger partial charge in [0.1, 0.15) is 5.37 Å². The predicted molar refractivity (Wildman–Crippen MR) is 80.1 cm³/mol. The highest BCUT2D eigenvalue weighted by molar-refractivity contribution is 8.01. The van der Waals surface area contributed by atoms with Gasteiger partial charge in [0.05, 0.1) is 6.10 Å². The SMILES string of the molecule is CCS(=O)(=O)C1CSCCN1CC1CCCCC1O. The summed E-state index contributed by atoms with van der Waals surface area (Å²) in [6, 6.07) is 0. The van der Waals surface area contributed by atoms with E-state index in [2.05, 4.69) is 4.90 Å². The van der Waals surface area contributed by atoms with E-state index >= 15 is 0 Å². The zero-order valence-electron chi connectivity index (χ0n) is 11.6. The summed E-state index contributed by atoms with van der Waals surface area (Å²) >= 11 is 1.73. The van der Waals surface area contributed by atoms with Gasteiger partial charge in [-0.15, -0.1) is 0 Å². The molecule has 19 heavy (non-hydrogen) atoms. The maximum Gasteiger partial charge on any atom is 0.166 e. The summed E-state index contributed by atoms with van der Waals surface area (Å²) in [5.74, 6) is 2.14. The molecule has 1 N–H and O–H groups in total. The third-order valence-corrected chi connectivity index (χ3v) is 7.68. The predicted octanol–water partition coefficient (Wildman–Crippen LogP) is 1.35. The Morgan fingerprint density at radius 2 is 2.05 bits per heavy atom. The number of aliphatic hydroxyl groups excluding tert-OH is 1. The zero-order valence-corrected chi connectivity index (χ0v) is 13.3. The van der Waals surface area contributed by atoms with Crippen LogP contribution in [-0.2, 0) is 9.84 Å². The van der Waals surface area contributed by atoms with Crippen LogP contribution in [0.4, 0.5) is 0 Å². The number of hydrogen-bond donors (Lipinski definition) is 1. The molecule has 4 nitrogen and oxygen atoms in total. The van der Waals surface area contributed by atoms with Crippen LogP contribution in [0.3, 0.4) is 0 Å². The van der Waals surface area contributed by atoms with Gasteiger partial charge in [-0.2, -0.15) is 11.8 Å². The Balaban J connectivity index is 2.03. The first-order chi connectivity index (χ1) is 9.04. The van der Waals surface area contributed by atoms with E-state index in [9.17, 15) is 13.5 Å². The molecular weight excluding hydrogens is 282 g/mol. The van der Waals surface area contributed by atoms with Gasteiger partial charge in [0.25, 0.3) is 0 Å². The van der Waals surface area contributed by atoms with Crippen LogP contribution in [-0.4, -0.2) is 60.3 Å². The Labute approximate surface area is 120 Å². The van der Waals surface area contributed by atoms with Crippen LogP contribution in [0.2, 0.25) is 0 Å². The molecule has 0 spiro atoms. The minimum absolute atomic E-state index is 0.210. The van der Waals surface area contributed by atoms with Gasteiger partial charge >= 0.3 is 0 Å². The summed E-state index contributed by atoms with van der Waals surface area (Å²) in [6.45, 7) is 3.30. The molecule has 1 saturated carbocycles. The van der Waals surface area contributed by atoms with Crippen molar-refractivity contribution in [3.05, 3.63) is 0 Å². The molecular formula is C13H25NO3S2. The summed E-state index contributed by atoms with van der Waals surface area (Å²) in [4.78, 5) is 2.11. The van der Waals surface area contributed by atoms with E-state index in [1.165, 1.54) is 0 Å². The van der Waals surface area contributed by atoms with Crippen molar-refractivity contribution in [2.75, 3.05) is 30.3 Å². The zero-order chi connectivity index (χ0) is 13.9. The molecule has 1 aliphatic heterocycles. The van der Waals surface area contributed by atoms with E-state index in [0.29, 0.717) is 5.75 Å². The van der Waals surface area contributed by atoms with Gasteiger partial charge in [-0.25, -0.2) is 8.42 Å². The summed E-state index contributed by atoms with van der Waals surface area (Å²) in [6.07, 6.45) is 3.93. The van der Waals surface area contributed by atoms with Crippen LogP contribution in [0.1, 0.15) is 32.6 Å². The van der Waals surface area contributed by atoms with Crippen LogP contribution >= 0.6 is 11.8 Å². The van der Waals surface area contributed by atoms with Crippen LogP contribution in [0, 0.1) is 5.92 Å². The summed E-state index contributed by atoms with van der Waals surface area (Å²) in [5.41, 5.74) is 0. The lowest BCUT2D eigenvalue weighted by Crippen LogP contribution is -2.51. The molecule has 1 aliphatic carbocycles. The molecule has 0 bridgehead atoms. The van der Waals surface area contributed by atoms with Crippen LogP contribution in [0.5, 0.6) is 0 Å². The van der Waals surface area contributed by atoms with Crippen molar-refractivity contribution in [2.24, 2.45) is 5.92 Å². The van der Waals surface area contributed by atoms with Gasteiger partial charge in [0.2, 0.25) is 0 Å². The Kier molecular flexibility index (Phi) is 5.57. The Morgan fingerprint density at radius 1 is 1.32 bits per heavy atom. The fraction of sp³-hybridized carbons (Fsp3) is 1.00. The van der Waals surface area contributed by atoms with E-state index < -0.39 is 9.84 Å². The molecule has 3 unspecified atom stereocenters. The number of hydrogen-bond acceptors (Lipinski definition) is 5. The van der Waals surface area contributed by atoms with Crippen molar-refractivity contribution in [3.63, 3.8) is 0 Å². The topological polar surface area (TPSA) is 57.6 Å². The summed E-state index contributed by atoms with van der Waals surface area (Å²) in [5, 5.41) is 9.72. The molecule has 1 saturated heterocycles. The second-order valence-electron chi connectivity index (χ2n) is 5.59. The molecule has 3 atom stereocenters. The van der Waals surface area contributed by atoms with Gasteiger partial charge in [0, 0.05) is 30.3 Å². The second-order valence-corrected chi connectivity index (χ2v) is 9.18. The normalized spacial score (nSPS) is 34.3. The number of aliphatic hydroxyl groups is 1. The molecule has 6 heteroatoms. The molecule has 0 aromatic rings. The lowest BCUT2D eigenvalue weighted by atomic mass is 9.86. The van der Waals surface area contributed by atoms with E-state index in [0.717, 1.165) is 44.5 Å². The van der Waals surface area contributed by atoms with Gasteiger partial charge in [0.15, 0.2) is 9.84 Å². The number of nitrogens with zero attached hydrogens (tertiary/aromatic N) is 1. The molecule has 0 aromatic heterocycles. The molecule has 0 aromatic carbocycles. The van der Waals surface area contributed by atoms with Gasteiger partial charge in [-0.3, -0.25) is 4.90 Å². The second kappa shape index (κ2) is 6.78. The maximum absolute atomic E-state index is 12.2. The first kappa shape index (κ1) is 15.6. The van der Waals surface area contributed by atoms with Crippen molar-refractivity contribution >= 4 is 21.6 Å². The molecule has 2 aliphatic rings.